The van der Waals surface area contributed by atoms with Crippen molar-refractivity contribution in [3.63, 3.8) is 0 Å². The van der Waals surface area contributed by atoms with E-state index in [2.05, 4.69) is 0 Å². The fourth-order valence-electron chi connectivity index (χ4n) is 3.55. The van der Waals surface area contributed by atoms with Crippen LogP contribution in [0.2, 0.25) is 0 Å². The Bertz CT molecular complexity index is 1470. The van der Waals surface area contributed by atoms with Crippen molar-refractivity contribution in [3.05, 3.63) is 87.8 Å². The van der Waals surface area contributed by atoms with E-state index >= 15 is 0 Å². The topological polar surface area (TPSA) is 75.0 Å². The van der Waals surface area contributed by atoms with Crippen LogP contribution in [0.15, 0.2) is 69.9 Å². The van der Waals surface area contributed by atoms with Gasteiger partial charge in [0, 0.05) is 6.07 Å². The summed E-state index contributed by atoms with van der Waals surface area (Å²) in [6.07, 6.45) is -4.98. The average molecular weight is 484 g/mol. The molecule has 0 spiro atoms. The highest BCUT2D eigenvalue weighted by molar-refractivity contribution is 5.92. The molecular formula is C26H19F3O6. The van der Waals surface area contributed by atoms with Gasteiger partial charge in [0.05, 0.1) is 30.7 Å². The molecule has 1 heterocycles. The number of ether oxygens (including phenoxy) is 3. The molecule has 0 amide bonds. The first-order valence-electron chi connectivity index (χ1n) is 10.3. The first-order chi connectivity index (χ1) is 16.6. The van der Waals surface area contributed by atoms with Crippen LogP contribution >= 0.6 is 0 Å². The molecule has 0 aliphatic carbocycles. The maximum absolute atomic E-state index is 14.0. The molecule has 0 fully saturated rings. The second-order valence-electron chi connectivity index (χ2n) is 7.62. The van der Waals surface area contributed by atoms with Crippen LogP contribution in [-0.4, -0.2) is 20.2 Å². The van der Waals surface area contributed by atoms with E-state index in [0.717, 1.165) is 11.6 Å². The number of fused-ring (bicyclic) bond motifs is 1. The van der Waals surface area contributed by atoms with Crippen LogP contribution in [0.4, 0.5) is 13.2 Å². The number of benzene rings is 3. The van der Waals surface area contributed by atoms with Crippen LogP contribution in [-0.2, 0) is 6.18 Å². The highest BCUT2D eigenvalue weighted by Crippen LogP contribution is 2.40. The van der Waals surface area contributed by atoms with E-state index in [9.17, 15) is 22.8 Å². The highest BCUT2D eigenvalue weighted by atomic mass is 19.4. The van der Waals surface area contributed by atoms with Gasteiger partial charge in [-0.2, -0.15) is 13.2 Å². The molecule has 4 aromatic rings. The molecule has 0 N–H and O–H groups in total. The molecule has 0 radical (unpaired) electrons. The van der Waals surface area contributed by atoms with Gasteiger partial charge < -0.3 is 18.6 Å². The van der Waals surface area contributed by atoms with Crippen LogP contribution in [0, 0.1) is 6.92 Å². The third-order valence-corrected chi connectivity index (χ3v) is 5.29. The SMILES string of the molecule is COc1ccc(-c2c(C(F)(F)F)oc3cc(OC(=O)c4ccc(C)cc4)ccc3c2=O)cc1OC. The standard InChI is InChI=1S/C26H19F3O6/c1-14-4-6-15(7-5-14)25(31)34-17-9-10-18-20(13-17)35-24(26(27,28)29)22(23(18)30)16-8-11-19(32-2)21(12-16)33-3/h4-13H,1-3H3. The fraction of sp³-hybridized carbons (Fsp3) is 0.154. The molecule has 9 heteroatoms. The van der Waals surface area contributed by atoms with Gasteiger partial charge in [0.15, 0.2) is 11.5 Å². The lowest BCUT2D eigenvalue weighted by Gasteiger charge is -2.15. The van der Waals surface area contributed by atoms with Crippen molar-refractivity contribution in [1.29, 1.82) is 0 Å². The van der Waals surface area contributed by atoms with Crippen LogP contribution in [0.1, 0.15) is 21.7 Å². The van der Waals surface area contributed by atoms with E-state index < -0.39 is 28.9 Å². The summed E-state index contributed by atoms with van der Waals surface area (Å²) in [7, 11) is 2.71. The first kappa shape index (κ1) is 23.9. The largest absolute Gasteiger partial charge is 0.493 e. The molecule has 0 saturated heterocycles. The number of hydrogen-bond donors (Lipinski definition) is 0. The molecular weight excluding hydrogens is 465 g/mol. The lowest BCUT2D eigenvalue weighted by Crippen LogP contribution is -2.16. The Balaban J connectivity index is 1.83. The molecule has 3 aromatic carbocycles. The Hall–Kier alpha value is -4.27. The smallest absolute Gasteiger partial charge is 0.450 e. The van der Waals surface area contributed by atoms with Gasteiger partial charge in [-0.25, -0.2) is 4.79 Å². The molecule has 180 valence electrons. The minimum atomic E-state index is -4.98. The number of esters is 1. The van der Waals surface area contributed by atoms with E-state index in [1.54, 1.807) is 24.3 Å². The Morgan fingerprint density at radius 3 is 2.20 bits per heavy atom. The Kier molecular flexibility index (Phi) is 6.26. The lowest BCUT2D eigenvalue weighted by atomic mass is 10.0. The minimum Gasteiger partial charge on any atom is -0.493 e. The summed E-state index contributed by atoms with van der Waals surface area (Å²) < 4.78 is 62.6. The number of carbonyl (C=O) groups excluding carboxylic acids is 1. The quantitative estimate of drug-likeness (QED) is 0.255. The van der Waals surface area contributed by atoms with Crippen LogP contribution in [0.25, 0.3) is 22.1 Å². The summed E-state index contributed by atoms with van der Waals surface area (Å²) in [4.78, 5) is 25.6. The first-order valence-corrected chi connectivity index (χ1v) is 10.3. The van der Waals surface area contributed by atoms with E-state index in [4.69, 9.17) is 18.6 Å². The van der Waals surface area contributed by atoms with Crippen LogP contribution in [0.3, 0.4) is 0 Å². The Morgan fingerprint density at radius 1 is 0.886 bits per heavy atom. The van der Waals surface area contributed by atoms with Crippen molar-refractivity contribution in [1.82, 2.24) is 0 Å². The fourth-order valence-corrected chi connectivity index (χ4v) is 3.55. The molecule has 0 bridgehead atoms. The minimum absolute atomic E-state index is 0.0551. The summed E-state index contributed by atoms with van der Waals surface area (Å²) in [6.45, 7) is 1.86. The zero-order valence-corrected chi connectivity index (χ0v) is 18.9. The van der Waals surface area contributed by atoms with Gasteiger partial charge in [0.2, 0.25) is 11.2 Å². The molecule has 0 aliphatic heterocycles. The molecule has 0 saturated carbocycles. The van der Waals surface area contributed by atoms with Gasteiger partial charge in [0.25, 0.3) is 0 Å². The number of alkyl halides is 3. The molecule has 35 heavy (non-hydrogen) atoms. The Labute approximate surface area is 197 Å². The number of methoxy groups -OCH3 is 2. The van der Waals surface area contributed by atoms with Crippen molar-refractivity contribution in [2.45, 2.75) is 13.1 Å². The predicted octanol–water partition coefficient (Wildman–Crippen LogP) is 6.02. The van der Waals surface area contributed by atoms with Gasteiger partial charge in [-0.3, -0.25) is 4.79 Å². The van der Waals surface area contributed by atoms with Gasteiger partial charge in [0.1, 0.15) is 11.3 Å². The van der Waals surface area contributed by atoms with Gasteiger partial charge in [-0.15, -0.1) is 0 Å². The maximum atomic E-state index is 14.0. The molecule has 0 atom stereocenters. The molecule has 0 unspecified atom stereocenters. The lowest BCUT2D eigenvalue weighted by molar-refractivity contribution is -0.152. The predicted molar refractivity (Wildman–Crippen MR) is 122 cm³/mol. The number of carbonyl (C=O) groups is 1. The van der Waals surface area contributed by atoms with Crippen molar-refractivity contribution in [3.8, 4) is 28.4 Å². The number of halogens is 3. The van der Waals surface area contributed by atoms with Crippen molar-refractivity contribution in [2.24, 2.45) is 0 Å². The second kappa shape index (κ2) is 9.17. The zero-order chi connectivity index (χ0) is 25.3. The molecule has 1 aromatic heterocycles. The van der Waals surface area contributed by atoms with Crippen molar-refractivity contribution < 1.29 is 36.6 Å². The third kappa shape index (κ3) is 4.70. The van der Waals surface area contributed by atoms with Crippen molar-refractivity contribution in [2.75, 3.05) is 14.2 Å². The number of aryl methyl sites for hydroxylation is 1. The summed E-state index contributed by atoms with van der Waals surface area (Å²) in [6, 6.07) is 14.2. The Morgan fingerprint density at radius 2 is 1.57 bits per heavy atom. The van der Waals surface area contributed by atoms with Gasteiger partial charge in [-0.05, 0) is 48.9 Å². The van der Waals surface area contributed by atoms with E-state index in [1.165, 1.54) is 44.6 Å². The maximum Gasteiger partial charge on any atom is 0.450 e. The zero-order valence-electron chi connectivity index (χ0n) is 18.9. The normalized spacial score (nSPS) is 11.4. The summed E-state index contributed by atoms with van der Waals surface area (Å²) >= 11 is 0. The number of hydrogen-bond acceptors (Lipinski definition) is 6. The van der Waals surface area contributed by atoms with Crippen molar-refractivity contribution >= 4 is 16.9 Å². The van der Waals surface area contributed by atoms with Gasteiger partial charge >= 0.3 is 12.1 Å². The summed E-state index contributed by atoms with van der Waals surface area (Å²) in [5.41, 5.74) is -0.797. The van der Waals surface area contributed by atoms with Crippen LogP contribution < -0.4 is 19.6 Å². The summed E-state index contributed by atoms with van der Waals surface area (Å²) in [5.74, 6) is -1.82. The summed E-state index contributed by atoms with van der Waals surface area (Å²) in [5, 5.41) is -0.113. The average Bonchev–Trinajstić information content (AvgIpc) is 2.83. The van der Waals surface area contributed by atoms with E-state index in [0.29, 0.717) is 0 Å². The van der Waals surface area contributed by atoms with Crippen LogP contribution in [0.5, 0.6) is 17.2 Å². The molecule has 0 aliphatic rings. The van der Waals surface area contributed by atoms with Gasteiger partial charge in [-0.1, -0.05) is 23.8 Å². The number of rotatable bonds is 5. The third-order valence-electron chi connectivity index (χ3n) is 5.29. The van der Waals surface area contributed by atoms with E-state index in [-0.39, 0.29) is 39.3 Å². The molecule has 6 nitrogen and oxygen atoms in total. The second-order valence-corrected chi connectivity index (χ2v) is 7.62. The monoisotopic (exact) mass is 484 g/mol. The molecule has 4 rings (SSSR count). The highest BCUT2D eigenvalue weighted by Gasteiger charge is 2.39. The van der Waals surface area contributed by atoms with E-state index in [1.807, 2.05) is 6.92 Å².